The highest BCUT2D eigenvalue weighted by Gasteiger charge is 2.30. The number of nitrogen functional groups attached to an aromatic ring is 1. The molecule has 0 saturated heterocycles. The van der Waals surface area contributed by atoms with Crippen molar-refractivity contribution in [2.75, 3.05) is 17.2 Å². The van der Waals surface area contributed by atoms with E-state index >= 15 is 0 Å². The monoisotopic (exact) mass is 362 g/mol. The van der Waals surface area contributed by atoms with Crippen LogP contribution in [-0.4, -0.2) is 12.5 Å². The summed E-state index contributed by atoms with van der Waals surface area (Å²) < 4.78 is 5.90. The Kier molecular flexibility index (Phi) is 4.83. The second-order valence-corrected chi connectivity index (χ2v) is 8.06. The molecule has 0 bridgehead atoms. The van der Waals surface area contributed by atoms with Gasteiger partial charge in [-0.3, -0.25) is 9.69 Å². The molecular formula is C23H26N2O2. The van der Waals surface area contributed by atoms with Crippen molar-refractivity contribution in [1.82, 2.24) is 0 Å². The molecule has 4 nitrogen and oxygen atoms in total. The first-order valence-corrected chi connectivity index (χ1v) is 9.01. The van der Waals surface area contributed by atoms with Gasteiger partial charge in [-0.15, -0.1) is 0 Å². The molecule has 2 aromatic rings. The van der Waals surface area contributed by atoms with E-state index in [-0.39, 0.29) is 17.1 Å². The summed E-state index contributed by atoms with van der Waals surface area (Å²) in [5.41, 5.74) is 10.3. The number of rotatable bonds is 3. The molecule has 0 aliphatic carbocycles. The Balaban J connectivity index is 1.98. The number of anilines is 2. The third-order valence-corrected chi connectivity index (χ3v) is 4.45. The van der Waals surface area contributed by atoms with E-state index in [0.717, 1.165) is 11.1 Å². The smallest absolute Gasteiger partial charge is 0.294 e. The summed E-state index contributed by atoms with van der Waals surface area (Å²) in [6, 6.07) is 13.5. The molecule has 1 aliphatic rings. The third kappa shape index (κ3) is 4.05. The Morgan fingerprint density at radius 1 is 1.19 bits per heavy atom. The molecule has 1 aliphatic heterocycles. The minimum Gasteiger partial charge on any atom is -0.449 e. The van der Waals surface area contributed by atoms with E-state index in [1.165, 1.54) is 5.56 Å². The highest BCUT2D eigenvalue weighted by molar-refractivity contribution is 6.10. The van der Waals surface area contributed by atoms with Crippen LogP contribution in [0.3, 0.4) is 0 Å². The summed E-state index contributed by atoms with van der Waals surface area (Å²) in [5, 5.41) is 0. The third-order valence-electron chi connectivity index (χ3n) is 4.45. The van der Waals surface area contributed by atoms with E-state index in [9.17, 15) is 4.79 Å². The van der Waals surface area contributed by atoms with Crippen molar-refractivity contribution in [2.45, 2.75) is 33.1 Å². The Morgan fingerprint density at radius 2 is 1.85 bits per heavy atom. The summed E-state index contributed by atoms with van der Waals surface area (Å²) in [6.07, 6.45) is 1.78. The van der Waals surface area contributed by atoms with Crippen molar-refractivity contribution >= 4 is 23.4 Å². The van der Waals surface area contributed by atoms with Crippen LogP contribution < -0.4 is 15.4 Å². The van der Waals surface area contributed by atoms with E-state index in [1.807, 2.05) is 19.1 Å². The molecule has 1 amide bonds. The standard InChI is InChI=1S/C23H26N2O2/c1-15(2)14-25-19-13-18(24)10-11-20(19)27-21(22(25)26)12-16-6-8-17(9-7-16)23(3,4)5/h6-13H,1,14,24H2,2-5H3/b21-12+. The molecule has 0 saturated carbocycles. The van der Waals surface area contributed by atoms with Crippen LogP contribution >= 0.6 is 0 Å². The topological polar surface area (TPSA) is 55.6 Å². The molecule has 0 spiro atoms. The number of fused-ring (bicyclic) bond motifs is 1. The second-order valence-electron chi connectivity index (χ2n) is 8.06. The lowest BCUT2D eigenvalue weighted by atomic mass is 9.87. The van der Waals surface area contributed by atoms with Gasteiger partial charge in [0.15, 0.2) is 11.5 Å². The summed E-state index contributed by atoms with van der Waals surface area (Å²) in [4.78, 5) is 14.7. The number of carbonyl (C=O) groups is 1. The quantitative estimate of drug-likeness (QED) is 0.479. The minimum atomic E-state index is -0.198. The SMILES string of the molecule is C=C(C)CN1C(=O)/C(=C\c2ccc(C(C)(C)C)cc2)Oc2ccc(N)cc21. The van der Waals surface area contributed by atoms with E-state index in [4.69, 9.17) is 10.5 Å². The molecule has 4 heteroatoms. The molecule has 0 atom stereocenters. The van der Waals surface area contributed by atoms with Crippen LogP contribution in [0.1, 0.15) is 38.8 Å². The van der Waals surface area contributed by atoms with Gasteiger partial charge in [-0.05, 0) is 47.7 Å². The highest BCUT2D eigenvalue weighted by Crippen LogP contribution is 2.37. The average Bonchev–Trinajstić information content (AvgIpc) is 2.58. The van der Waals surface area contributed by atoms with Crippen molar-refractivity contribution in [1.29, 1.82) is 0 Å². The van der Waals surface area contributed by atoms with Crippen LogP contribution in [0.4, 0.5) is 11.4 Å². The van der Waals surface area contributed by atoms with Gasteiger partial charge < -0.3 is 10.5 Å². The predicted molar refractivity (Wildman–Crippen MR) is 112 cm³/mol. The van der Waals surface area contributed by atoms with Crippen molar-refractivity contribution in [3.8, 4) is 5.75 Å². The average molecular weight is 362 g/mol. The fourth-order valence-corrected chi connectivity index (χ4v) is 2.98. The van der Waals surface area contributed by atoms with Crippen molar-refractivity contribution in [2.24, 2.45) is 0 Å². The number of ether oxygens (including phenoxy) is 1. The van der Waals surface area contributed by atoms with Crippen molar-refractivity contribution in [3.63, 3.8) is 0 Å². The number of carbonyl (C=O) groups excluding carboxylic acids is 1. The van der Waals surface area contributed by atoms with Gasteiger partial charge in [-0.25, -0.2) is 0 Å². The van der Waals surface area contributed by atoms with Gasteiger partial charge in [-0.1, -0.05) is 57.2 Å². The lowest BCUT2D eigenvalue weighted by molar-refractivity contribution is -0.117. The number of nitrogens with zero attached hydrogens (tertiary/aromatic N) is 1. The molecule has 1 heterocycles. The van der Waals surface area contributed by atoms with Crippen LogP contribution in [0.25, 0.3) is 6.08 Å². The van der Waals surface area contributed by atoms with Crippen LogP contribution in [0.15, 0.2) is 60.4 Å². The van der Waals surface area contributed by atoms with Gasteiger partial charge in [0.1, 0.15) is 0 Å². The number of hydrogen-bond donors (Lipinski definition) is 1. The number of amides is 1. The lowest BCUT2D eigenvalue weighted by Crippen LogP contribution is -2.38. The number of benzene rings is 2. The van der Waals surface area contributed by atoms with E-state index in [1.54, 1.807) is 29.2 Å². The van der Waals surface area contributed by atoms with Gasteiger partial charge in [0.05, 0.1) is 5.69 Å². The van der Waals surface area contributed by atoms with Gasteiger partial charge in [0.25, 0.3) is 5.91 Å². The molecule has 27 heavy (non-hydrogen) atoms. The summed E-state index contributed by atoms with van der Waals surface area (Å²) in [6.45, 7) is 12.8. The molecule has 0 aromatic heterocycles. The Bertz CT molecular complexity index is 918. The zero-order chi connectivity index (χ0) is 19.8. The summed E-state index contributed by atoms with van der Waals surface area (Å²) in [7, 11) is 0. The van der Waals surface area contributed by atoms with Crippen molar-refractivity contribution < 1.29 is 9.53 Å². The lowest BCUT2D eigenvalue weighted by Gasteiger charge is -2.31. The van der Waals surface area contributed by atoms with Gasteiger partial charge in [0, 0.05) is 12.2 Å². The predicted octanol–water partition coefficient (Wildman–Crippen LogP) is 4.91. The van der Waals surface area contributed by atoms with Gasteiger partial charge in [0.2, 0.25) is 0 Å². The first kappa shape index (κ1) is 18.8. The van der Waals surface area contributed by atoms with Crippen LogP contribution in [0, 0.1) is 0 Å². The highest BCUT2D eigenvalue weighted by atomic mass is 16.5. The normalized spacial score (nSPS) is 15.5. The van der Waals surface area contributed by atoms with Gasteiger partial charge >= 0.3 is 0 Å². The minimum absolute atomic E-state index is 0.0833. The molecule has 140 valence electrons. The maximum atomic E-state index is 13.0. The number of hydrogen-bond acceptors (Lipinski definition) is 3. The Hall–Kier alpha value is -3.01. The first-order valence-electron chi connectivity index (χ1n) is 9.01. The Labute approximate surface area is 160 Å². The summed E-state index contributed by atoms with van der Waals surface area (Å²) >= 11 is 0. The van der Waals surface area contributed by atoms with E-state index in [0.29, 0.717) is 23.7 Å². The molecular weight excluding hydrogens is 336 g/mol. The van der Waals surface area contributed by atoms with Crippen LogP contribution in [-0.2, 0) is 10.2 Å². The van der Waals surface area contributed by atoms with Crippen LogP contribution in [0.2, 0.25) is 0 Å². The van der Waals surface area contributed by atoms with Gasteiger partial charge in [-0.2, -0.15) is 0 Å². The van der Waals surface area contributed by atoms with Crippen molar-refractivity contribution in [3.05, 3.63) is 71.5 Å². The fraction of sp³-hybridized carbons (Fsp3) is 0.261. The van der Waals surface area contributed by atoms with E-state index < -0.39 is 0 Å². The maximum Gasteiger partial charge on any atom is 0.294 e. The molecule has 0 unspecified atom stereocenters. The molecule has 3 rings (SSSR count). The fourth-order valence-electron chi connectivity index (χ4n) is 2.98. The first-order chi connectivity index (χ1) is 12.6. The summed E-state index contributed by atoms with van der Waals surface area (Å²) in [5.74, 6) is 0.704. The Morgan fingerprint density at radius 3 is 2.44 bits per heavy atom. The maximum absolute atomic E-state index is 13.0. The zero-order valence-corrected chi connectivity index (χ0v) is 16.4. The zero-order valence-electron chi connectivity index (χ0n) is 16.4. The number of nitrogens with two attached hydrogens (primary N) is 1. The molecule has 0 fully saturated rings. The molecule has 0 radical (unpaired) electrons. The second kappa shape index (κ2) is 6.95. The molecule has 2 N–H and O–H groups in total. The van der Waals surface area contributed by atoms with Crippen LogP contribution in [0.5, 0.6) is 5.75 Å². The van der Waals surface area contributed by atoms with E-state index in [2.05, 4.69) is 39.5 Å². The molecule has 2 aromatic carbocycles. The largest absolute Gasteiger partial charge is 0.449 e.